The minimum atomic E-state index is -0.857. The molecule has 6 heteroatoms. The van der Waals surface area contributed by atoms with E-state index in [1.165, 1.54) is 18.2 Å². The molecule has 26 heavy (non-hydrogen) atoms. The van der Waals surface area contributed by atoms with E-state index in [-0.39, 0.29) is 11.7 Å². The van der Waals surface area contributed by atoms with Crippen LogP contribution in [0, 0.1) is 12.7 Å². The van der Waals surface area contributed by atoms with E-state index < -0.39 is 11.6 Å². The number of rotatable bonds is 3. The van der Waals surface area contributed by atoms with Gasteiger partial charge in [0.1, 0.15) is 11.4 Å². The van der Waals surface area contributed by atoms with Crippen molar-refractivity contribution in [3.8, 4) is 0 Å². The van der Waals surface area contributed by atoms with E-state index in [1.54, 1.807) is 13.8 Å². The monoisotopic (exact) mass is 360 g/mol. The van der Waals surface area contributed by atoms with Gasteiger partial charge in [0.2, 0.25) is 0 Å². The number of carbonyl (C=O) groups is 2. The minimum absolute atomic E-state index is 0.346. The number of carbonyl (C=O) groups excluding carboxylic acids is 2. The van der Waals surface area contributed by atoms with E-state index in [1.807, 2.05) is 0 Å². The maximum atomic E-state index is 13.3. The third kappa shape index (κ3) is 3.26. The number of aryl methyl sites for hydroxylation is 1. The van der Waals surface area contributed by atoms with Crippen LogP contribution in [0.15, 0.2) is 29.3 Å². The number of nitrogens with zero attached hydrogens (tertiary/aromatic N) is 1. The number of esters is 1. The highest BCUT2D eigenvalue weighted by Gasteiger charge is 2.50. The lowest BCUT2D eigenvalue weighted by Gasteiger charge is -2.41. The van der Waals surface area contributed by atoms with Crippen LogP contribution in [0.25, 0.3) is 0 Å². The molecule has 1 aromatic rings. The molecule has 5 nitrogen and oxygen atoms in total. The molecule has 1 N–H and O–H groups in total. The Balaban J connectivity index is 1.86. The Kier molecular flexibility index (Phi) is 4.88. The summed E-state index contributed by atoms with van der Waals surface area (Å²) in [5.41, 5.74) is 1.08. The number of hydrogen-bond acceptors (Lipinski definition) is 4. The number of amides is 1. The van der Waals surface area contributed by atoms with Gasteiger partial charge in [-0.05, 0) is 51.5 Å². The lowest BCUT2D eigenvalue weighted by atomic mass is 9.82. The zero-order valence-corrected chi connectivity index (χ0v) is 15.7. The summed E-state index contributed by atoms with van der Waals surface area (Å²) in [6, 6.07) is 4.61. The average Bonchev–Trinajstić information content (AvgIpc) is 2.81. The van der Waals surface area contributed by atoms with Crippen molar-refractivity contribution in [3.63, 3.8) is 0 Å². The van der Waals surface area contributed by atoms with Crippen LogP contribution in [0.1, 0.15) is 39.2 Å². The first kappa shape index (κ1) is 18.6. The Morgan fingerprint density at radius 1 is 1.27 bits per heavy atom. The van der Waals surface area contributed by atoms with Gasteiger partial charge in [-0.3, -0.25) is 4.79 Å². The summed E-state index contributed by atoms with van der Waals surface area (Å²) >= 11 is 0. The molecule has 0 unspecified atom stereocenters. The van der Waals surface area contributed by atoms with Gasteiger partial charge in [0.05, 0.1) is 5.57 Å². The van der Waals surface area contributed by atoms with Gasteiger partial charge in [0, 0.05) is 43.2 Å². The molecule has 140 valence electrons. The van der Waals surface area contributed by atoms with E-state index >= 15 is 0 Å². The van der Waals surface area contributed by atoms with Gasteiger partial charge < -0.3 is 15.0 Å². The summed E-state index contributed by atoms with van der Waals surface area (Å²) in [5.74, 6) is -1.13. The molecular formula is C20H25FN2O3. The second-order valence-corrected chi connectivity index (χ2v) is 7.43. The Morgan fingerprint density at radius 2 is 1.92 bits per heavy atom. The van der Waals surface area contributed by atoms with Crippen LogP contribution in [0.3, 0.4) is 0 Å². The van der Waals surface area contributed by atoms with Crippen LogP contribution in [-0.4, -0.2) is 41.5 Å². The van der Waals surface area contributed by atoms with Crippen LogP contribution in [0.5, 0.6) is 0 Å². The van der Waals surface area contributed by atoms with Crippen LogP contribution in [0.2, 0.25) is 0 Å². The molecule has 0 saturated carbocycles. The number of anilines is 1. The molecule has 1 fully saturated rings. The fourth-order valence-electron chi connectivity index (χ4n) is 3.83. The Bertz CT molecular complexity index is 777. The van der Waals surface area contributed by atoms with Crippen LogP contribution >= 0.6 is 0 Å². The smallest absolute Gasteiger partial charge is 0.335 e. The van der Waals surface area contributed by atoms with Gasteiger partial charge in [-0.15, -0.1) is 0 Å². The normalized spacial score (nSPS) is 20.0. The molecular weight excluding hydrogens is 335 g/mol. The van der Waals surface area contributed by atoms with E-state index in [0.29, 0.717) is 41.3 Å². The maximum absolute atomic E-state index is 13.3. The number of piperidine rings is 1. The number of hydrogen-bond donors (Lipinski definition) is 1. The number of likely N-dealkylation sites (tertiary alicyclic amines) is 1. The van der Waals surface area contributed by atoms with Crippen molar-refractivity contribution in [1.82, 2.24) is 4.90 Å². The molecule has 0 radical (unpaired) electrons. The fraction of sp³-hybridized carbons (Fsp3) is 0.500. The van der Waals surface area contributed by atoms with Crippen molar-refractivity contribution in [3.05, 3.63) is 40.7 Å². The molecule has 1 aromatic carbocycles. The van der Waals surface area contributed by atoms with Gasteiger partial charge in [-0.2, -0.15) is 0 Å². The SMILES string of the molecule is CC1=C(C(=O)Nc2ccc(F)cc2C)C2(CCN(C(C)C)CC2)OC1=O. The van der Waals surface area contributed by atoms with Crippen molar-refractivity contribution < 1.29 is 18.7 Å². The summed E-state index contributed by atoms with van der Waals surface area (Å²) in [6.45, 7) is 9.16. The molecule has 0 atom stereocenters. The van der Waals surface area contributed by atoms with E-state index in [2.05, 4.69) is 24.1 Å². The lowest BCUT2D eigenvalue weighted by Crippen LogP contribution is -2.49. The summed E-state index contributed by atoms with van der Waals surface area (Å²) < 4.78 is 19.0. The number of ether oxygens (including phenoxy) is 1. The second-order valence-electron chi connectivity index (χ2n) is 7.43. The van der Waals surface area contributed by atoms with Crippen molar-refractivity contribution in [1.29, 1.82) is 0 Å². The third-order valence-electron chi connectivity index (χ3n) is 5.42. The van der Waals surface area contributed by atoms with E-state index in [9.17, 15) is 14.0 Å². The Hall–Kier alpha value is -2.21. The van der Waals surface area contributed by atoms with E-state index in [0.717, 1.165) is 13.1 Å². The van der Waals surface area contributed by atoms with Gasteiger partial charge in [-0.25, -0.2) is 9.18 Å². The molecule has 3 rings (SSSR count). The van der Waals surface area contributed by atoms with E-state index in [4.69, 9.17) is 4.74 Å². The Labute approximate surface area is 153 Å². The second kappa shape index (κ2) is 6.83. The molecule has 1 saturated heterocycles. The standard InChI is InChI=1S/C20H25FN2O3/c1-12(2)23-9-7-20(8-10-23)17(14(4)19(25)26-20)18(24)22-16-6-5-15(21)11-13(16)3/h5-6,11-12H,7-10H2,1-4H3,(H,22,24). The third-order valence-corrected chi connectivity index (χ3v) is 5.42. The topological polar surface area (TPSA) is 58.6 Å². The highest BCUT2D eigenvalue weighted by atomic mass is 19.1. The molecule has 2 aliphatic rings. The molecule has 0 aliphatic carbocycles. The average molecular weight is 360 g/mol. The predicted molar refractivity (Wildman–Crippen MR) is 97.2 cm³/mol. The van der Waals surface area contributed by atoms with Crippen molar-refractivity contribution in [2.45, 2.75) is 52.2 Å². The van der Waals surface area contributed by atoms with Crippen LogP contribution in [0.4, 0.5) is 10.1 Å². The zero-order valence-electron chi connectivity index (χ0n) is 15.7. The first-order chi connectivity index (χ1) is 12.2. The molecule has 0 aromatic heterocycles. The summed E-state index contributed by atoms with van der Waals surface area (Å²) in [4.78, 5) is 27.5. The summed E-state index contributed by atoms with van der Waals surface area (Å²) in [6.07, 6.45) is 1.19. The van der Waals surface area contributed by atoms with Gasteiger partial charge >= 0.3 is 5.97 Å². The lowest BCUT2D eigenvalue weighted by molar-refractivity contribution is -0.151. The fourth-order valence-corrected chi connectivity index (χ4v) is 3.83. The molecule has 1 spiro atoms. The first-order valence-electron chi connectivity index (χ1n) is 9.00. The molecule has 2 aliphatic heterocycles. The quantitative estimate of drug-likeness (QED) is 0.841. The van der Waals surface area contributed by atoms with Crippen molar-refractivity contribution in [2.24, 2.45) is 0 Å². The van der Waals surface area contributed by atoms with Crippen LogP contribution in [-0.2, 0) is 14.3 Å². The highest BCUT2D eigenvalue weighted by Crippen LogP contribution is 2.41. The Morgan fingerprint density at radius 3 is 2.50 bits per heavy atom. The van der Waals surface area contributed by atoms with Gasteiger partial charge in [0.25, 0.3) is 5.91 Å². The number of benzene rings is 1. The predicted octanol–water partition coefficient (Wildman–Crippen LogP) is 3.19. The molecule has 1 amide bonds. The van der Waals surface area contributed by atoms with Gasteiger partial charge in [0.15, 0.2) is 0 Å². The first-order valence-corrected chi connectivity index (χ1v) is 9.00. The molecule has 0 bridgehead atoms. The van der Waals surface area contributed by atoms with Crippen molar-refractivity contribution >= 4 is 17.6 Å². The largest absolute Gasteiger partial charge is 0.450 e. The molecule has 2 heterocycles. The van der Waals surface area contributed by atoms with Crippen LogP contribution < -0.4 is 5.32 Å². The maximum Gasteiger partial charge on any atom is 0.335 e. The number of nitrogens with one attached hydrogen (secondary N) is 1. The summed E-state index contributed by atoms with van der Waals surface area (Å²) in [5, 5.41) is 2.83. The highest BCUT2D eigenvalue weighted by molar-refractivity contribution is 6.12. The minimum Gasteiger partial charge on any atom is -0.450 e. The van der Waals surface area contributed by atoms with Crippen molar-refractivity contribution in [2.75, 3.05) is 18.4 Å². The van der Waals surface area contributed by atoms with Gasteiger partial charge in [-0.1, -0.05) is 0 Å². The zero-order chi connectivity index (χ0) is 19.1. The number of halogens is 1. The summed E-state index contributed by atoms with van der Waals surface area (Å²) in [7, 11) is 0.